The lowest BCUT2D eigenvalue weighted by molar-refractivity contribution is 0.0703. The third-order valence-corrected chi connectivity index (χ3v) is 4.17. The van der Waals surface area contributed by atoms with Crippen LogP contribution in [0.2, 0.25) is 0 Å². The number of carbonyl (C=O) groups excluding carboxylic acids is 1. The summed E-state index contributed by atoms with van der Waals surface area (Å²) in [6.45, 7) is 3.25. The highest BCUT2D eigenvalue weighted by Crippen LogP contribution is 2.31. The molecule has 1 saturated heterocycles. The van der Waals surface area contributed by atoms with Crippen molar-refractivity contribution in [3.63, 3.8) is 0 Å². The van der Waals surface area contributed by atoms with Gasteiger partial charge in [-0.15, -0.1) is 12.4 Å². The lowest BCUT2D eigenvalue weighted by Gasteiger charge is -2.31. The third-order valence-electron chi connectivity index (χ3n) is 4.17. The summed E-state index contributed by atoms with van der Waals surface area (Å²) in [6, 6.07) is 5.78. The van der Waals surface area contributed by atoms with Crippen molar-refractivity contribution in [3.8, 4) is 11.5 Å². The van der Waals surface area contributed by atoms with E-state index in [4.69, 9.17) is 9.47 Å². The predicted octanol–water partition coefficient (Wildman–Crippen LogP) is 2.09. The van der Waals surface area contributed by atoms with Crippen LogP contribution in [0.4, 0.5) is 0 Å². The van der Waals surface area contributed by atoms with Crippen LogP contribution in [0.3, 0.4) is 0 Å². The van der Waals surface area contributed by atoms with Gasteiger partial charge in [0.2, 0.25) is 0 Å². The van der Waals surface area contributed by atoms with Gasteiger partial charge in [-0.2, -0.15) is 0 Å². The number of ether oxygens (including phenoxy) is 2. The van der Waals surface area contributed by atoms with Crippen LogP contribution in [0.25, 0.3) is 0 Å². The zero-order valence-corrected chi connectivity index (χ0v) is 13.7. The molecular weight excluding hydrogens is 304 g/mol. The van der Waals surface area contributed by atoms with Gasteiger partial charge < -0.3 is 19.7 Å². The number of halogens is 1. The minimum Gasteiger partial charge on any atom is -0.490 e. The summed E-state index contributed by atoms with van der Waals surface area (Å²) in [5, 5.41) is 3.32. The predicted molar refractivity (Wildman–Crippen MR) is 87.3 cm³/mol. The molecule has 0 unspecified atom stereocenters. The van der Waals surface area contributed by atoms with Gasteiger partial charge in [-0.1, -0.05) is 0 Å². The summed E-state index contributed by atoms with van der Waals surface area (Å²) in [5.74, 6) is 1.46. The molecule has 1 aromatic rings. The van der Waals surface area contributed by atoms with E-state index in [-0.39, 0.29) is 18.3 Å². The lowest BCUT2D eigenvalue weighted by atomic mass is 10.0. The maximum Gasteiger partial charge on any atom is 0.253 e. The van der Waals surface area contributed by atoms with Crippen molar-refractivity contribution in [2.24, 2.45) is 0 Å². The maximum absolute atomic E-state index is 12.6. The fourth-order valence-electron chi connectivity index (χ4n) is 2.86. The summed E-state index contributed by atoms with van der Waals surface area (Å²) in [4.78, 5) is 14.5. The molecule has 1 fully saturated rings. The average molecular weight is 327 g/mol. The fraction of sp³-hybridized carbons (Fsp3) is 0.562. The molecule has 2 aliphatic rings. The molecule has 0 radical (unpaired) electrons. The van der Waals surface area contributed by atoms with Crippen LogP contribution in [-0.2, 0) is 0 Å². The summed E-state index contributed by atoms with van der Waals surface area (Å²) in [6.07, 6.45) is 2.88. The summed E-state index contributed by atoms with van der Waals surface area (Å²) in [7, 11) is 1.89. The first-order chi connectivity index (χ1) is 10.3. The second-order valence-corrected chi connectivity index (χ2v) is 5.61. The van der Waals surface area contributed by atoms with Gasteiger partial charge in [0, 0.05) is 25.1 Å². The quantitative estimate of drug-likeness (QED) is 0.904. The molecular formula is C16H23ClN2O3. The van der Waals surface area contributed by atoms with E-state index in [0.29, 0.717) is 30.6 Å². The minimum absolute atomic E-state index is 0. The van der Waals surface area contributed by atoms with Crippen LogP contribution in [-0.4, -0.2) is 50.2 Å². The maximum atomic E-state index is 12.6. The monoisotopic (exact) mass is 326 g/mol. The highest BCUT2D eigenvalue weighted by Gasteiger charge is 2.24. The molecule has 2 aliphatic heterocycles. The van der Waals surface area contributed by atoms with E-state index in [1.54, 1.807) is 6.07 Å². The van der Waals surface area contributed by atoms with E-state index in [0.717, 1.165) is 38.1 Å². The molecule has 0 saturated carbocycles. The minimum atomic E-state index is 0. The molecule has 3 rings (SSSR count). The van der Waals surface area contributed by atoms with Crippen molar-refractivity contribution in [2.75, 3.05) is 33.4 Å². The van der Waals surface area contributed by atoms with Gasteiger partial charge in [-0.05, 0) is 44.1 Å². The number of fused-ring (bicyclic) bond motifs is 1. The number of amides is 1. The van der Waals surface area contributed by atoms with E-state index in [9.17, 15) is 4.79 Å². The normalized spacial score (nSPS) is 18.0. The Labute approximate surface area is 137 Å². The first-order valence-electron chi connectivity index (χ1n) is 7.63. The van der Waals surface area contributed by atoms with Gasteiger partial charge in [-0.3, -0.25) is 4.79 Å². The van der Waals surface area contributed by atoms with E-state index in [1.165, 1.54) is 0 Å². The van der Waals surface area contributed by atoms with Crippen molar-refractivity contribution in [3.05, 3.63) is 23.8 Å². The summed E-state index contributed by atoms with van der Waals surface area (Å²) in [5.41, 5.74) is 0.667. The Balaban J connectivity index is 0.00000176. The largest absolute Gasteiger partial charge is 0.490 e. The molecule has 0 aliphatic carbocycles. The zero-order valence-electron chi connectivity index (χ0n) is 12.8. The molecule has 0 bridgehead atoms. The molecule has 1 amide bonds. The Morgan fingerprint density at radius 1 is 1.18 bits per heavy atom. The van der Waals surface area contributed by atoms with Crippen LogP contribution in [0.5, 0.6) is 11.5 Å². The van der Waals surface area contributed by atoms with E-state index >= 15 is 0 Å². The lowest BCUT2D eigenvalue weighted by Crippen LogP contribution is -2.43. The summed E-state index contributed by atoms with van der Waals surface area (Å²) >= 11 is 0. The molecule has 0 atom stereocenters. The van der Waals surface area contributed by atoms with Crippen LogP contribution < -0.4 is 14.8 Å². The fourth-order valence-corrected chi connectivity index (χ4v) is 2.86. The highest BCUT2D eigenvalue weighted by molar-refractivity contribution is 5.95. The van der Waals surface area contributed by atoms with Gasteiger partial charge in [-0.25, -0.2) is 0 Å². The van der Waals surface area contributed by atoms with Gasteiger partial charge in [0.15, 0.2) is 11.5 Å². The topological polar surface area (TPSA) is 50.8 Å². The van der Waals surface area contributed by atoms with E-state index < -0.39 is 0 Å². The number of benzene rings is 1. The Morgan fingerprint density at radius 2 is 1.86 bits per heavy atom. The molecule has 0 spiro atoms. The van der Waals surface area contributed by atoms with E-state index in [2.05, 4.69) is 5.32 Å². The Kier molecular flexibility index (Phi) is 5.91. The Hall–Kier alpha value is -1.46. The standard InChI is InChI=1S/C16H22N2O3.ClH/c1-18(13-5-7-17-8-6-13)16(19)12-3-4-14-15(11-12)21-10-2-9-20-14;/h3-4,11,13,17H,2,5-10H2,1H3;1H. The van der Waals surface area contributed by atoms with Gasteiger partial charge in [0.1, 0.15) is 0 Å². The Morgan fingerprint density at radius 3 is 2.59 bits per heavy atom. The molecule has 22 heavy (non-hydrogen) atoms. The number of hydrogen-bond donors (Lipinski definition) is 1. The molecule has 1 N–H and O–H groups in total. The number of piperidine rings is 1. The average Bonchev–Trinajstić information content (AvgIpc) is 2.79. The van der Waals surface area contributed by atoms with Crippen LogP contribution in [0, 0.1) is 0 Å². The van der Waals surface area contributed by atoms with Gasteiger partial charge in [0.25, 0.3) is 5.91 Å². The van der Waals surface area contributed by atoms with Crippen molar-refractivity contribution < 1.29 is 14.3 Å². The van der Waals surface area contributed by atoms with Crippen LogP contribution in [0.15, 0.2) is 18.2 Å². The molecule has 2 heterocycles. The van der Waals surface area contributed by atoms with Crippen molar-refractivity contribution in [1.82, 2.24) is 10.2 Å². The van der Waals surface area contributed by atoms with Crippen LogP contribution >= 0.6 is 12.4 Å². The first-order valence-corrected chi connectivity index (χ1v) is 7.63. The SMILES string of the molecule is CN(C(=O)c1ccc2c(c1)OCCCO2)C1CCNCC1.Cl. The molecule has 1 aromatic carbocycles. The second-order valence-electron chi connectivity index (χ2n) is 5.61. The highest BCUT2D eigenvalue weighted by atomic mass is 35.5. The number of carbonyl (C=O) groups is 1. The van der Waals surface area contributed by atoms with Gasteiger partial charge >= 0.3 is 0 Å². The van der Waals surface area contributed by atoms with Crippen LogP contribution in [0.1, 0.15) is 29.6 Å². The Bertz CT molecular complexity index is 518. The third kappa shape index (κ3) is 3.65. The van der Waals surface area contributed by atoms with Crippen molar-refractivity contribution in [1.29, 1.82) is 0 Å². The first kappa shape index (κ1) is 16.9. The molecule has 122 valence electrons. The second kappa shape index (κ2) is 7.70. The van der Waals surface area contributed by atoms with Crippen molar-refractivity contribution in [2.45, 2.75) is 25.3 Å². The van der Waals surface area contributed by atoms with Crippen molar-refractivity contribution >= 4 is 18.3 Å². The number of rotatable bonds is 2. The number of nitrogens with zero attached hydrogens (tertiary/aromatic N) is 1. The van der Waals surface area contributed by atoms with Gasteiger partial charge in [0.05, 0.1) is 13.2 Å². The van der Waals surface area contributed by atoms with E-state index in [1.807, 2.05) is 24.1 Å². The number of hydrogen-bond acceptors (Lipinski definition) is 4. The summed E-state index contributed by atoms with van der Waals surface area (Å²) < 4.78 is 11.3. The molecule has 0 aromatic heterocycles. The smallest absolute Gasteiger partial charge is 0.253 e. The number of nitrogens with one attached hydrogen (secondary N) is 1. The molecule has 5 nitrogen and oxygen atoms in total. The molecule has 6 heteroatoms. The zero-order chi connectivity index (χ0) is 14.7.